The lowest BCUT2D eigenvalue weighted by atomic mass is 9.83. The largest absolute Gasteiger partial charge is 0.484 e. The highest BCUT2D eigenvalue weighted by Crippen LogP contribution is 2.28. The number of benzene rings is 1. The molecule has 1 aromatic rings. The molecular formula is C15H20ClNO3. The Hall–Kier alpha value is -1.26. The molecule has 0 bridgehead atoms. The van der Waals surface area contributed by atoms with Crippen LogP contribution in [0.3, 0.4) is 0 Å². The van der Waals surface area contributed by atoms with E-state index in [1.165, 1.54) is 0 Å². The first-order valence-electron chi connectivity index (χ1n) is 6.71. The van der Waals surface area contributed by atoms with Crippen molar-refractivity contribution in [2.24, 2.45) is 5.92 Å². The van der Waals surface area contributed by atoms with Crippen LogP contribution in [0.4, 0.5) is 0 Å². The smallest absolute Gasteiger partial charge is 0.260 e. The van der Waals surface area contributed by atoms with E-state index in [2.05, 4.69) is 0 Å². The van der Waals surface area contributed by atoms with Crippen LogP contribution in [0.15, 0.2) is 18.2 Å². The van der Waals surface area contributed by atoms with E-state index >= 15 is 0 Å². The molecule has 1 saturated heterocycles. The Kier molecular flexibility index (Phi) is 4.25. The number of β-amino-alcohol motifs (C(OH)–C–C–N with tert-alkyl or cyclic N) is 1. The lowest BCUT2D eigenvalue weighted by Gasteiger charge is -2.48. The van der Waals surface area contributed by atoms with Crippen molar-refractivity contribution in [1.82, 2.24) is 4.90 Å². The standard InChI is InChI=1S/C15H20ClNO3/c1-10(2)15(19)8-17(9-15)14(18)7-20-12-4-5-13(16)11(3)6-12/h4-6,10,19H,7-9H2,1-3H3. The van der Waals surface area contributed by atoms with Crippen molar-refractivity contribution in [1.29, 1.82) is 0 Å². The minimum Gasteiger partial charge on any atom is -0.484 e. The number of hydrogen-bond donors (Lipinski definition) is 1. The first-order valence-corrected chi connectivity index (χ1v) is 7.09. The van der Waals surface area contributed by atoms with E-state index in [0.717, 1.165) is 5.56 Å². The summed E-state index contributed by atoms with van der Waals surface area (Å²) in [5.74, 6) is 0.661. The maximum absolute atomic E-state index is 11.9. The molecule has 1 fully saturated rings. The Balaban J connectivity index is 1.83. The Morgan fingerprint density at radius 3 is 2.70 bits per heavy atom. The number of ether oxygens (including phenoxy) is 1. The maximum Gasteiger partial charge on any atom is 0.260 e. The van der Waals surface area contributed by atoms with Crippen molar-refractivity contribution < 1.29 is 14.6 Å². The highest BCUT2D eigenvalue weighted by molar-refractivity contribution is 6.31. The number of nitrogens with zero attached hydrogens (tertiary/aromatic N) is 1. The van der Waals surface area contributed by atoms with Crippen LogP contribution in [0.2, 0.25) is 5.02 Å². The second-order valence-corrected chi connectivity index (χ2v) is 6.11. The SMILES string of the molecule is Cc1cc(OCC(=O)N2CC(O)(C(C)C)C2)ccc1Cl. The van der Waals surface area contributed by atoms with Crippen molar-refractivity contribution in [2.75, 3.05) is 19.7 Å². The average Bonchev–Trinajstić information content (AvgIpc) is 2.35. The summed E-state index contributed by atoms with van der Waals surface area (Å²) in [5, 5.41) is 10.8. The van der Waals surface area contributed by atoms with Crippen molar-refractivity contribution in [3.63, 3.8) is 0 Å². The van der Waals surface area contributed by atoms with Gasteiger partial charge in [-0.15, -0.1) is 0 Å². The third-order valence-corrected chi connectivity index (χ3v) is 4.27. The number of aryl methyl sites for hydroxylation is 1. The van der Waals surface area contributed by atoms with Gasteiger partial charge < -0.3 is 14.7 Å². The first kappa shape index (κ1) is 15.1. The van der Waals surface area contributed by atoms with Gasteiger partial charge in [0.2, 0.25) is 0 Å². The van der Waals surface area contributed by atoms with Gasteiger partial charge >= 0.3 is 0 Å². The summed E-state index contributed by atoms with van der Waals surface area (Å²) in [5.41, 5.74) is 0.168. The molecule has 0 atom stereocenters. The van der Waals surface area contributed by atoms with Crippen LogP contribution < -0.4 is 4.74 Å². The molecule has 2 rings (SSSR count). The van der Waals surface area contributed by atoms with Gasteiger partial charge in [-0.05, 0) is 36.6 Å². The number of aliphatic hydroxyl groups is 1. The minimum absolute atomic E-state index is 0.0186. The monoisotopic (exact) mass is 297 g/mol. The number of hydrogen-bond acceptors (Lipinski definition) is 3. The normalized spacial score (nSPS) is 17.0. The highest BCUT2D eigenvalue weighted by atomic mass is 35.5. The predicted octanol–water partition coefficient (Wildman–Crippen LogP) is 2.26. The van der Waals surface area contributed by atoms with Crippen LogP contribution in [-0.2, 0) is 4.79 Å². The Morgan fingerprint density at radius 1 is 1.50 bits per heavy atom. The number of carbonyl (C=O) groups excluding carboxylic acids is 1. The summed E-state index contributed by atoms with van der Waals surface area (Å²) in [6, 6.07) is 5.29. The summed E-state index contributed by atoms with van der Waals surface area (Å²) in [6.45, 7) is 6.53. The molecule has 5 heteroatoms. The fourth-order valence-corrected chi connectivity index (χ4v) is 2.22. The second-order valence-electron chi connectivity index (χ2n) is 5.71. The lowest BCUT2D eigenvalue weighted by Crippen LogP contribution is -2.66. The van der Waals surface area contributed by atoms with Gasteiger partial charge in [-0.1, -0.05) is 25.4 Å². The first-order chi connectivity index (χ1) is 9.32. The van der Waals surface area contributed by atoms with E-state index < -0.39 is 5.60 Å². The molecule has 4 nitrogen and oxygen atoms in total. The fraction of sp³-hybridized carbons (Fsp3) is 0.533. The summed E-state index contributed by atoms with van der Waals surface area (Å²) in [7, 11) is 0. The predicted molar refractivity (Wildman–Crippen MR) is 78.1 cm³/mol. The fourth-order valence-electron chi connectivity index (χ4n) is 2.10. The van der Waals surface area contributed by atoms with Crippen LogP contribution >= 0.6 is 11.6 Å². The van der Waals surface area contributed by atoms with Crippen LogP contribution in [0.5, 0.6) is 5.75 Å². The van der Waals surface area contributed by atoms with Gasteiger partial charge in [-0.25, -0.2) is 0 Å². The van der Waals surface area contributed by atoms with Gasteiger partial charge in [0.1, 0.15) is 11.4 Å². The minimum atomic E-state index is -0.744. The third kappa shape index (κ3) is 3.07. The van der Waals surface area contributed by atoms with Gasteiger partial charge in [-0.2, -0.15) is 0 Å². The zero-order chi connectivity index (χ0) is 14.9. The average molecular weight is 298 g/mol. The Morgan fingerprint density at radius 2 is 2.15 bits per heavy atom. The topological polar surface area (TPSA) is 49.8 Å². The third-order valence-electron chi connectivity index (χ3n) is 3.85. The summed E-state index contributed by atoms with van der Waals surface area (Å²) in [4.78, 5) is 13.5. The van der Waals surface area contributed by atoms with Gasteiger partial charge in [0.15, 0.2) is 6.61 Å². The molecule has 1 N–H and O–H groups in total. The molecule has 0 aromatic heterocycles. The Labute approximate surface area is 124 Å². The number of likely N-dealkylation sites (tertiary alicyclic amines) is 1. The van der Waals surface area contributed by atoms with Crippen molar-refractivity contribution in [3.05, 3.63) is 28.8 Å². The molecule has 110 valence electrons. The number of rotatable bonds is 4. The molecule has 1 aromatic carbocycles. The van der Waals surface area contributed by atoms with Gasteiger partial charge in [0.25, 0.3) is 5.91 Å². The number of amides is 1. The van der Waals surface area contributed by atoms with E-state index in [0.29, 0.717) is 23.9 Å². The molecule has 0 spiro atoms. The molecule has 0 radical (unpaired) electrons. The van der Waals surface area contributed by atoms with E-state index in [1.807, 2.05) is 20.8 Å². The van der Waals surface area contributed by atoms with Gasteiger partial charge in [0, 0.05) is 5.02 Å². The number of halogens is 1. The summed E-state index contributed by atoms with van der Waals surface area (Å²) in [6.07, 6.45) is 0. The zero-order valence-electron chi connectivity index (χ0n) is 12.0. The summed E-state index contributed by atoms with van der Waals surface area (Å²) >= 11 is 5.93. The van der Waals surface area contributed by atoms with E-state index in [-0.39, 0.29) is 18.4 Å². The quantitative estimate of drug-likeness (QED) is 0.927. The summed E-state index contributed by atoms with van der Waals surface area (Å²) < 4.78 is 5.46. The molecule has 1 heterocycles. The molecule has 1 aliphatic heterocycles. The highest BCUT2D eigenvalue weighted by Gasteiger charge is 2.45. The molecule has 0 aliphatic carbocycles. The maximum atomic E-state index is 11.9. The second kappa shape index (κ2) is 5.62. The molecular weight excluding hydrogens is 278 g/mol. The van der Waals surface area contributed by atoms with Crippen LogP contribution in [-0.4, -0.2) is 41.2 Å². The van der Waals surface area contributed by atoms with Crippen LogP contribution in [0.25, 0.3) is 0 Å². The molecule has 0 unspecified atom stereocenters. The molecule has 1 aliphatic rings. The van der Waals surface area contributed by atoms with E-state index in [4.69, 9.17) is 16.3 Å². The molecule has 0 saturated carbocycles. The molecule has 1 amide bonds. The lowest BCUT2D eigenvalue weighted by molar-refractivity contribution is -0.165. The number of carbonyl (C=O) groups is 1. The van der Waals surface area contributed by atoms with Gasteiger partial charge in [-0.3, -0.25) is 4.79 Å². The van der Waals surface area contributed by atoms with Crippen molar-refractivity contribution in [3.8, 4) is 5.75 Å². The zero-order valence-corrected chi connectivity index (χ0v) is 12.8. The molecule has 20 heavy (non-hydrogen) atoms. The van der Waals surface area contributed by atoms with Gasteiger partial charge in [0.05, 0.1) is 13.1 Å². The van der Waals surface area contributed by atoms with Crippen LogP contribution in [0, 0.1) is 12.8 Å². The van der Waals surface area contributed by atoms with E-state index in [1.54, 1.807) is 23.1 Å². The van der Waals surface area contributed by atoms with Crippen molar-refractivity contribution >= 4 is 17.5 Å². The van der Waals surface area contributed by atoms with E-state index in [9.17, 15) is 9.90 Å². The Bertz CT molecular complexity index is 510. The van der Waals surface area contributed by atoms with Crippen LogP contribution in [0.1, 0.15) is 19.4 Å². The van der Waals surface area contributed by atoms with Crippen molar-refractivity contribution in [2.45, 2.75) is 26.4 Å².